The van der Waals surface area contributed by atoms with Crippen molar-refractivity contribution in [1.82, 2.24) is 29.8 Å². The Bertz CT molecular complexity index is 1450. The van der Waals surface area contributed by atoms with E-state index in [1.807, 2.05) is 0 Å². The maximum Gasteiger partial charge on any atom is 0.418 e. The molecular weight excluding hydrogens is 536 g/mol. The van der Waals surface area contributed by atoms with Gasteiger partial charge in [-0.2, -0.15) is 18.3 Å². The van der Waals surface area contributed by atoms with Crippen molar-refractivity contribution in [3.8, 4) is 17.1 Å². The Kier molecular flexibility index (Phi) is 6.30. The van der Waals surface area contributed by atoms with Crippen LogP contribution in [-0.4, -0.2) is 74.6 Å². The van der Waals surface area contributed by atoms with Crippen molar-refractivity contribution >= 4 is 23.1 Å². The number of alkyl halides is 6. The molecule has 1 aliphatic heterocycles. The number of fused-ring (bicyclic) bond motifs is 1. The minimum absolute atomic E-state index is 0.0375. The van der Waals surface area contributed by atoms with Crippen molar-refractivity contribution in [3.63, 3.8) is 0 Å². The van der Waals surface area contributed by atoms with Gasteiger partial charge in [-0.1, -0.05) is 0 Å². The summed E-state index contributed by atoms with van der Waals surface area (Å²) in [6.45, 7) is -0.615. The summed E-state index contributed by atoms with van der Waals surface area (Å²) in [4.78, 5) is 34.3. The summed E-state index contributed by atoms with van der Waals surface area (Å²) in [5.41, 5.74) is 3.80. The molecule has 2 fully saturated rings. The predicted molar refractivity (Wildman–Crippen MR) is 123 cm³/mol. The lowest BCUT2D eigenvalue weighted by Crippen LogP contribution is -2.47. The van der Waals surface area contributed by atoms with Gasteiger partial charge in [0.05, 0.1) is 31.0 Å². The summed E-state index contributed by atoms with van der Waals surface area (Å²) in [6, 6.07) is 0.824. The van der Waals surface area contributed by atoms with Crippen LogP contribution in [0.5, 0.6) is 5.88 Å². The SMILES string of the molecule is COc1ncc(-c2cc(C(F)(F)F)c3c(N)ncnn23)cc1C(=O)NC1CN(C(=O)C2CC(F)(F)C2)CC1F. The number of halogens is 6. The third-order valence-corrected chi connectivity index (χ3v) is 6.79. The number of aromatic nitrogens is 4. The van der Waals surface area contributed by atoms with Gasteiger partial charge in [0.2, 0.25) is 17.7 Å². The average Bonchev–Trinajstić information content (AvgIpc) is 3.43. The van der Waals surface area contributed by atoms with E-state index in [0.717, 1.165) is 28.0 Å². The fourth-order valence-corrected chi connectivity index (χ4v) is 4.83. The normalized spacial score (nSPS) is 21.2. The number of likely N-dealkylation sites (tertiary alicyclic amines) is 1. The standard InChI is InChI=1S/C23H21F6N7O3/c1-39-20-12(19(37)34-15-8-35(7-14(15)24)21(38)11-4-22(25,26)5-11)2-10(6-31-20)16-3-13(23(27,28)29)17-18(30)32-9-33-36(16)17/h2-3,6,9,11,14-15H,4-5,7-8H2,1H3,(H,34,37)(H2,30,32,33). The number of rotatable bonds is 5. The second-order valence-corrected chi connectivity index (χ2v) is 9.43. The fraction of sp³-hybridized carbons (Fsp3) is 0.435. The zero-order valence-electron chi connectivity index (χ0n) is 20.2. The van der Waals surface area contributed by atoms with Crippen molar-refractivity contribution in [2.45, 2.75) is 37.2 Å². The Morgan fingerprint density at radius 1 is 1.18 bits per heavy atom. The molecule has 3 N–H and O–H groups in total. The smallest absolute Gasteiger partial charge is 0.418 e. The van der Waals surface area contributed by atoms with Crippen LogP contribution < -0.4 is 15.8 Å². The first kappa shape index (κ1) is 26.5. The Morgan fingerprint density at radius 3 is 2.54 bits per heavy atom. The summed E-state index contributed by atoms with van der Waals surface area (Å²) >= 11 is 0. The maximum atomic E-state index is 14.7. The minimum Gasteiger partial charge on any atom is -0.480 e. The van der Waals surface area contributed by atoms with Crippen LogP contribution in [0, 0.1) is 5.92 Å². The highest BCUT2D eigenvalue weighted by Gasteiger charge is 2.51. The molecule has 3 aromatic rings. The molecule has 2 atom stereocenters. The molecule has 208 valence electrons. The maximum absolute atomic E-state index is 14.7. The van der Waals surface area contributed by atoms with Crippen LogP contribution in [0.15, 0.2) is 24.7 Å². The van der Waals surface area contributed by atoms with Crippen LogP contribution >= 0.6 is 0 Å². The first-order valence-corrected chi connectivity index (χ1v) is 11.6. The predicted octanol–water partition coefficient (Wildman–Crippen LogP) is 2.72. The first-order valence-electron chi connectivity index (χ1n) is 11.6. The fourth-order valence-electron chi connectivity index (χ4n) is 4.83. The number of hydrogen-bond donors (Lipinski definition) is 2. The van der Waals surface area contributed by atoms with Crippen LogP contribution in [0.25, 0.3) is 16.8 Å². The number of nitrogens with two attached hydrogens (primary N) is 1. The van der Waals surface area contributed by atoms with Gasteiger partial charge in [-0.3, -0.25) is 9.59 Å². The van der Waals surface area contributed by atoms with Gasteiger partial charge >= 0.3 is 6.18 Å². The zero-order valence-corrected chi connectivity index (χ0v) is 20.2. The molecule has 2 aliphatic rings. The number of amides is 2. The molecule has 3 aromatic heterocycles. The molecule has 1 saturated heterocycles. The summed E-state index contributed by atoms with van der Waals surface area (Å²) in [6.07, 6.45) is -5.54. The third kappa shape index (κ3) is 4.78. The topological polar surface area (TPSA) is 128 Å². The number of hydrogen-bond acceptors (Lipinski definition) is 7. The van der Waals surface area contributed by atoms with E-state index < -0.39 is 71.8 Å². The lowest BCUT2D eigenvalue weighted by atomic mass is 9.80. The van der Waals surface area contributed by atoms with Crippen molar-refractivity contribution in [2.75, 3.05) is 25.9 Å². The second-order valence-electron chi connectivity index (χ2n) is 9.43. The van der Waals surface area contributed by atoms with Crippen LogP contribution in [0.2, 0.25) is 0 Å². The Hall–Kier alpha value is -4.11. The van der Waals surface area contributed by atoms with Crippen molar-refractivity contribution < 1.29 is 40.7 Å². The molecule has 0 bridgehead atoms. The van der Waals surface area contributed by atoms with Gasteiger partial charge in [0.15, 0.2) is 5.82 Å². The average molecular weight is 557 g/mol. The zero-order chi connectivity index (χ0) is 28.3. The summed E-state index contributed by atoms with van der Waals surface area (Å²) < 4.78 is 88.1. The molecule has 2 amide bonds. The van der Waals surface area contributed by atoms with Crippen molar-refractivity contribution in [1.29, 1.82) is 0 Å². The van der Waals surface area contributed by atoms with E-state index in [2.05, 4.69) is 20.4 Å². The largest absolute Gasteiger partial charge is 0.480 e. The van der Waals surface area contributed by atoms with E-state index in [1.165, 1.54) is 13.2 Å². The number of ether oxygens (including phenoxy) is 1. The monoisotopic (exact) mass is 557 g/mol. The number of carbonyl (C=O) groups is 2. The van der Waals surface area contributed by atoms with Crippen LogP contribution in [0.4, 0.5) is 32.2 Å². The molecule has 0 spiro atoms. The Labute approximate surface area is 216 Å². The Morgan fingerprint density at radius 2 is 1.90 bits per heavy atom. The number of anilines is 1. The van der Waals surface area contributed by atoms with Gasteiger partial charge in [-0.05, 0) is 12.1 Å². The summed E-state index contributed by atoms with van der Waals surface area (Å²) in [7, 11) is 1.21. The summed E-state index contributed by atoms with van der Waals surface area (Å²) in [5.74, 6) is -5.91. The number of methoxy groups -OCH3 is 1. The van der Waals surface area contributed by atoms with Gasteiger partial charge in [0, 0.05) is 37.1 Å². The number of nitrogen functional groups attached to an aromatic ring is 1. The quantitative estimate of drug-likeness (QED) is 0.462. The van der Waals surface area contributed by atoms with Crippen LogP contribution in [0.1, 0.15) is 28.8 Å². The van der Waals surface area contributed by atoms with Crippen LogP contribution in [0.3, 0.4) is 0 Å². The molecule has 1 aliphatic carbocycles. The number of carbonyl (C=O) groups excluding carboxylic acids is 2. The Balaban J connectivity index is 1.41. The molecule has 0 aromatic carbocycles. The van der Waals surface area contributed by atoms with E-state index in [9.17, 15) is 35.9 Å². The lowest BCUT2D eigenvalue weighted by Gasteiger charge is -2.36. The van der Waals surface area contributed by atoms with E-state index in [0.29, 0.717) is 0 Å². The highest BCUT2D eigenvalue weighted by Crippen LogP contribution is 2.43. The molecular formula is C23H21F6N7O3. The number of nitrogens with one attached hydrogen (secondary N) is 1. The minimum atomic E-state index is -4.79. The van der Waals surface area contributed by atoms with Crippen LogP contribution in [-0.2, 0) is 11.0 Å². The van der Waals surface area contributed by atoms with Gasteiger partial charge in [-0.15, -0.1) is 0 Å². The summed E-state index contributed by atoms with van der Waals surface area (Å²) in [5, 5.41) is 6.30. The van der Waals surface area contributed by atoms with Crippen molar-refractivity contribution in [2.24, 2.45) is 5.92 Å². The molecule has 0 radical (unpaired) electrons. The van der Waals surface area contributed by atoms with Gasteiger partial charge in [0.1, 0.15) is 23.6 Å². The van der Waals surface area contributed by atoms with Gasteiger partial charge in [0.25, 0.3) is 5.91 Å². The highest BCUT2D eigenvalue weighted by atomic mass is 19.4. The first-order chi connectivity index (χ1) is 18.3. The number of pyridine rings is 1. The molecule has 1 saturated carbocycles. The molecule has 2 unspecified atom stereocenters. The second kappa shape index (κ2) is 9.27. The van der Waals surface area contributed by atoms with E-state index in [-0.39, 0.29) is 35.8 Å². The molecule has 16 heteroatoms. The van der Waals surface area contributed by atoms with E-state index in [4.69, 9.17) is 10.5 Å². The molecule has 39 heavy (non-hydrogen) atoms. The van der Waals surface area contributed by atoms with E-state index in [1.54, 1.807) is 0 Å². The highest BCUT2D eigenvalue weighted by molar-refractivity contribution is 5.98. The van der Waals surface area contributed by atoms with Gasteiger partial charge in [-0.25, -0.2) is 27.7 Å². The molecule has 5 rings (SSSR count). The van der Waals surface area contributed by atoms with E-state index >= 15 is 0 Å². The van der Waals surface area contributed by atoms with Crippen molar-refractivity contribution in [3.05, 3.63) is 35.8 Å². The third-order valence-electron chi connectivity index (χ3n) is 6.79. The molecule has 10 nitrogen and oxygen atoms in total. The molecule has 4 heterocycles. The number of nitrogens with zero attached hydrogens (tertiary/aromatic N) is 5. The van der Waals surface area contributed by atoms with Gasteiger partial charge < -0.3 is 20.7 Å². The lowest BCUT2D eigenvalue weighted by molar-refractivity contribution is -0.159.